The van der Waals surface area contributed by atoms with E-state index in [0.29, 0.717) is 11.6 Å². The highest BCUT2D eigenvalue weighted by Gasteiger charge is 2.36. The zero-order chi connectivity index (χ0) is 21.2. The first-order chi connectivity index (χ1) is 13.7. The van der Waals surface area contributed by atoms with Gasteiger partial charge in [0.05, 0.1) is 22.7 Å². The summed E-state index contributed by atoms with van der Waals surface area (Å²) in [5, 5.41) is 0.591. The summed E-state index contributed by atoms with van der Waals surface area (Å²) >= 11 is 7.52. The van der Waals surface area contributed by atoms with Gasteiger partial charge in [-0.15, -0.1) is 0 Å². The third-order valence-electron chi connectivity index (χ3n) is 4.82. The number of hydrogen-bond donors (Lipinski definition) is 0. The molecular formula is C19H23ClN4O3S2. The molecule has 29 heavy (non-hydrogen) atoms. The van der Waals surface area contributed by atoms with Crippen molar-refractivity contribution in [2.24, 2.45) is 0 Å². The van der Waals surface area contributed by atoms with Gasteiger partial charge in [0.15, 0.2) is 20.7 Å². The van der Waals surface area contributed by atoms with E-state index in [4.69, 9.17) is 11.6 Å². The second-order valence-electron chi connectivity index (χ2n) is 7.10. The molecule has 1 amide bonds. The van der Waals surface area contributed by atoms with Crippen molar-refractivity contribution in [2.75, 3.05) is 36.8 Å². The van der Waals surface area contributed by atoms with Crippen LogP contribution in [-0.2, 0) is 16.4 Å². The normalized spacial score (nSPS) is 17.9. The zero-order valence-electron chi connectivity index (χ0n) is 16.5. The van der Waals surface area contributed by atoms with Crippen LogP contribution in [0.5, 0.6) is 0 Å². The second-order valence-corrected chi connectivity index (χ2v) is 10.5. The molecule has 0 unspecified atom stereocenters. The van der Waals surface area contributed by atoms with Crippen LogP contribution in [0.4, 0.5) is 5.69 Å². The number of amides is 1. The summed E-state index contributed by atoms with van der Waals surface area (Å²) in [7, 11) is 0.746. The molecule has 1 aliphatic rings. The van der Waals surface area contributed by atoms with Gasteiger partial charge in [-0.2, -0.15) is 0 Å². The van der Waals surface area contributed by atoms with Crippen molar-refractivity contribution in [2.45, 2.75) is 24.2 Å². The zero-order valence-corrected chi connectivity index (χ0v) is 18.9. The minimum absolute atomic E-state index is 0.0490. The first-order valence-corrected chi connectivity index (χ1v) is 12.5. The Balaban J connectivity index is 1.94. The molecule has 1 fully saturated rings. The van der Waals surface area contributed by atoms with Crippen LogP contribution in [0.2, 0.25) is 5.02 Å². The Hall–Kier alpha value is -1.84. The largest absolute Gasteiger partial charge is 0.378 e. The fourth-order valence-corrected chi connectivity index (χ4v) is 5.46. The molecular weight excluding hydrogens is 432 g/mol. The highest BCUT2D eigenvalue weighted by atomic mass is 35.5. The molecule has 0 N–H and O–H groups in total. The molecule has 2 heterocycles. The maximum Gasteiger partial charge on any atom is 0.274 e. The summed E-state index contributed by atoms with van der Waals surface area (Å²) in [5.74, 6) is -0.354. The number of thioether (sulfide) groups is 1. The Labute approximate surface area is 180 Å². The standard InChI is InChI=1S/C19H23ClN4O3S2/c1-23(2)14-6-4-13(5-7-14)11-24(15-8-9-29(26,27)12-15)18(25)17-16(20)10-21-19(22-17)28-3/h4-7,10,15H,8-9,11-12H2,1-3H3/t15-/m0/s1. The maximum atomic E-state index is 13.4. The van der Waals surface area contributed by atoms with Gasteiger partial charge < -0.3 is 9.80 Å². The predicted octanol–water partition coefficient (Wildman–Crippen LogP) is 2.75. The van der Waals surface area contributed by atoms with Gasteiger partial charge in [-0.25, -0.2) is 18.4 Å². The predicted molar refractivity (Wildman–Crippen MR) is 117 cm³/mol. The lowest BCUT2D eigenvalue weighted by Crippen LogP contribution is -2.41. The number of aromatic nitrogens is 2. The van der Waals surface area contributed by atoms with E-state index >= 15 is 0 Å². The lowest BCUT2D eigenvalue weighted by atomic mass is 10.1. The molecule has 2 aromatic rings. The first-order valence-electron chi connectivity index (χ1n) is 9.04. The van der Waals surface area contributed by atoms with E-state index in [1.807, 2.05) is 49.5 Å². The fourth-order valence-electron chi connectivity index (χ4n) is 3.22. The topological polar surface area (TPSA) is 83.5 Å². The van der Waals surface area contributed by atoms with Crippen molar-refractivity contribution in [1.82, 2.24) is 14.9 Å². The van der Waals surface area contributed by atoms with Gasteiger partial charge in [0.25, 0.3) is 5.91 Å². The molecule has 1 aliphatic heterocycles. The quantitative estimate of drug-likeness (QED) is 0.490. The lowest BCUT2D eigenvalue weighted by molar-refractivity contribution is 0.0674. The van der Waals surface area contributed by atoms with Crippen LogP contribution in [0, 0.1) is 0 Å². The number of carbonyl (C=O) groups excluding carboxylic acids is 1. The van der Waals surface area contributed by atoms with E-state index in [9.17, 15) is 13.2 Å². The molecule has 1 aromatic carbocycles. The SMILES string of the molecule is CSc1ncc(Cl)c(C(=O)N(Cc2ccc(N(C)C)cc2)[C@H]2CCS(=O)(=O)C2)n1. The molecule has 1 atom stereocenters. The molecule has 7 nitrogen and oxygen atoms in total. The number of hydrogen-bond acceptors (Lipinski definition) is 7. The summed E-state index contributed by atoms with van der Waals surface area (Å²) in [5.41, 5.74) is 2.04. The van der Waals surface area contributed by atoms with Gasteiger partial charge in [0, 0.05) is 32.4 Å². The summed E-state index contributed by atoms with van der Waals surface area (Å²) in [4.78, 5) is 25.3. The van der Waals surface area contributed by atoms with Crippen molar-refractivity contribution in [1.29, 1.82) is 0 Å². The Bertz CT molecular complexity index is 997. The summed E-state index contributed by atoms with van der Waals surface area (Å²) in [6.07, 6.45) is 3.62. The second kappa shape index (κ2) is 8.89. The fraction of sp³-hybridized carbons (Fsp3) is 0.421. The molecule has 0 aliphatic carbocycles. The van der Waals surface area contributed by atoms with E-state index in [1.54, 1.807) is 4.90 Å². The minimum atomic E-state index is -3.16. The van der Waals surface area contributed by atoms with Gasteiger partial charge in [-0.05, 0) is 30.4 Å². The molecule has 0 saturated carbocycles. The Morgan fingerprint density at radius 2 is 1.97 bits per heavy atom. The van der Waals surface area contributed by atoms with Gasteiger partial charge in [-0.3, -0.25) is 4.79 Å². The molecule has 156 valence electrons. The average Bonchev–Trinajstić information content (AvgIpc) is 3.05. The van der Waals surface area contributed by atoms with Crippen LogP contribution in [0.15, 0.2) is 35.6 Å². The summed E-state index contributed by atoms with van der Waals surface area (Å²) < 4.78 is 24.1. The molecule has 0 bridgehead atoms. The summed E-state index contributed by atoms with van der Waals surface area (Å²) in [6.45, 7) is 0.279. The Morgan fingerprint density at radius 1 is 1.28 bits per heavy atom. The Kier molecular flexibility index (Phi) is 6.70. The van der Waals surface area contributed by atoms with E-state index in [-0.39, 0.29) is 34.7 Å². The van der Waals surface area contributed by atoms with Crippen LogP contribution in [0.3, 0.4) is 0 Å². The number of carbonyl (C=O) groups is 1. The average molecular weight is 455 g/mol. The maximum absolute atomic E-state index is 13.4. The van der Waals surface area contributed by atoms with Gasteiger partial charge in [-0.1, -0.05) is 35.5 Å². The van der Waals surface area contributed by atoms with E-state index in [1.165, 1.54) is 18.0 Å². The number of anilines is 1. The molecule has 10 heteroatoms. The van der Waals surface area contributed by atoms with Gasteiger partial charge in [0.1, 0.15) is 0 Å². The Morgan fingerprint density at radius 3 is 2.52 bits per heavy atom. The number of benzene rings is 1. The number of sulfone groups is 1. The first kappa shape index (κ1) is 21.9. The monoisotopic (exact) mass is 454 g/mol. The lowest BCUT2D eigenvalue weighted by Gasteiger charge is -2.28. The van der Waals surface area contributed by atoms with Gasteiger partial charge >= 0.3 is 0 Å². The number of nitrogens with zero attached hydrogens (tertiary/aromatic N) is 4. The molecule has 1 aromatic heterocycles. The highest BCUT2D eigenvalue weighted by molar-refractivity contribution is 7.98. The van der Waals surface area contributed by atoms with Crippen LogP contribution < -0.4 is 4.90 Å². The van der Waals surface area contributed by atoms with Gasteiger partial charge in [0.2, 0.25) is 0 Å². The molecule has 3 rings (SSSR count). The van der Waals surface area contributed by atoms with Crippen molar-refractivity contribution in [3.63, 3.8) is 0 Å². The van der Waals surface area contributed by atoms with Crippen molar-refractivity contribution < 1.29 is 13.2 Å². The van der Waals surface area contributed by atoms with Crippen LogP contribution in [0.25, 0.3) is 0 Å². The minimum Gasteiger partial charge on any atom is -0.378 e. The van der Waals surface area contributed by atoms with Crippen molar-refractivity contribution in [3.8, 4) is 0 Å². The molecule has 0 spiro atoms. The number of halogens is 1. The van der Waals surface area contributed by atoms with Crippen molar-refractivity contribution >= 4 is 44.8 Å². The van der Waals surface area contributed by atoms with Crippen LogP contribution >= 0.6 is 23.4 Å². The molecule has 1 saturated heterocycles. The third-order valence-corrected chi connectivity index (χ3v) is 7.41. The highest BCUT2D eigenvalue weighted by Crippen LogP contribution is 2.25. The van der Waals surface area contributed by atoms with Crippen LogP contribution in [0.1, 0.15) is 22.5 Å². The summed E-state index contributed by atoms with van der Waals surface area (Å²) in [6, 6.07) is 7.40. The smallest absolute Gasteiger partial charge is 0.274 e. The van der Waals surface area contributed by atoms with Crippen LogP contribution in [-0.4, -0.2) is 67.1 Å². The number of rotatable bonds is 6. The van der Waals surface area contributed by atoms with E-state index < -0.39 is 15.9 Å². The van der Waals surface area contributed by atoms with Crippen molar-refractivity contribution in [3.05, 3.63) is 46.7 Å². The molecule has 0 radical (unpaired) electrons. The third kappa shape index (κ3) is 5.21. The van der Waals surface area contributed by atoms with E-state index in [0.717, 1.165) is 11.3 Å². The van der Waals surface area contributed by atoms with E-state index in [2.05, 4.69) is 9.97 Å².